The molecule has 2 N–H and O–H groups in total. The van der Waals surface area contributed by atoms with Gasteiger partial charge < -0.3 is 19.9 Å². The first-order valence-electron chi connectivity index (χ1n) is 8.51. The fourth-order valence-electron chi connectivity index (χ4n) is 2.50. The van der Waals surface area contributed by atoms with Crippen LogP contribution in [-0.4, -0.2) is 25.4 Å². The van der Waals surface area contributed by atoms with Gasteiger partial charge in [-0.05, 0) is 55.1 Å². The van der Waals surface area contributed by atoms with Crippen molar-refractivity contribution in [2.24, 2.45) is 0 Å². The fourth-order valence-corrected chi connectivity index (χ4v) is 2.96. The Morgan fingerprint density at radius 1 is 1.08 bits per heavy atom. The van der Waals surface area contributed by atoms with Crippen molar-refractivity contribution in [3.05, 3.63) is 57.6 Å². The highest BCUT2D eigenvalue weighted by molar-refractivity contribution is 9.10. The maximum absolute atomic E-state index is 8.81. The Labute approximate surface area is 158 Å². The average molecular weight is 408 g/mol. The van der Waals surface area contributed by atoms with Crippen molar-refractivity contribution in [1.29, 1.82) is 0 Å². The minimum absolute atomic E-state index is 0.242. The zero-order chi connectivity index (χ0) is 18.1. The van der Waals surface area contributed by atoms with E-state index in [9.17, 15) is 0 Å². The lowest BCUT2D eigenvalue weighted by Gasteiger charge is -2.15. The number of rotatable bonds is 10. The maximum Gasteiger partial charge on any atom is 0.162 e. The Kier molecular flexibility index (Phi) is 8.25. The molecule has 0 amide bonds. The van der Waals surface area contributed by atoms with Crippen LogP contribution in [0.2, 0.25) is 0 Å². The molecule has 2 aromatic rings. The van der Waals surface area contributed by atoms with Crippen LogP contribution in [0, 0.1) is 6.92 Å². The zero-order valence-electron chi connectivity index (χ0n) is 14.8. The van der Waals surface area contributed by atoms with Crippen LogP contribution in [0.1, 0.15) is 29.5 Å². The van der Waals surface area contributed by atoms with E-state index in [0.717, 1.165) is 53.0 Å². The highest BCUT2D eigenvalue weighted by Crippen LogP contribution is 2.34. The van der Waals surface area contributed by atoms with E-state index in [1.54, 1.807) is 7.11 Å². The van der Waals surface area contributed by atoms with Crippen molar-refractivity contribution in [3.8, 4) is 11.5 Å². The second-order valence-corrected chi connectivity index (χ2v) is 6.77. The van der Waals surface area contributed by atoms with Gasteiger partial charge in [-0.1, -0.05) is 40.2 Å². The number of methoxy groups -OCH3 is 1. The molecular formula is C20H26BrNO3. The first-order chi connectivity index (χ1) is 12.2. The predicted octanol–water partition coefficient (Wildman–Crippen LogP) is 4.21. The van der Waals surface area contributed by atoms with Gasteiger partial charge in [-0.25, -0.2) is 0 Å². The summed E-state index contributed by atoms with van der Waals surface area (Å²) in [7, 11) is 1.66. The summed E-state index contributed by atoms with van der Waals surface area (Å²) in [5.41, 5.74) is 3.49. The van der Waals surface area contributed by atoms with E-state index in [2.05, 4.69) is 40.3 Å². The third-order valence-corrected chi connectivity index (χ3v) is 4.79. The number of unbranched alkanes of at least 4 members (excludes halogenated alkanes) is 1. The van der Waals surface area contributed by atoms with Gasteiger partial charge in [0.15, 0.2) is 11.5 Å². The van der Waals surface area contributed by atoms with Gasteiger partial charge in [-0.3, -0.25) is 0 Å². The van der Waals surface area contributed by atoms with Crippen molar-refractivity contribution in [1.82, 2.24) is 5.32 Å². The molecule has 0 saturated carbocycles. The molecule has 0 heterocycles. The zero-order valence-corrected chi connectivity index (χ0v) is 16.4. The van der Waals surface area contributed by atoms with Gasteiger partial charge in [-0.15, -0.1) is 0 Å². The van der Waals surface area contributed by atoms with Crippen molar-refractivity contribution in [2.75, 3.05) is 20.3 Å². The molecule has 2 aromatic carbocycles. The molecule has 0 atom stereocenters. The van der Waals surface area contributed by atoms with Crippen LogP contribution in [0.4, 0.5) is 0 Å². The molecule has 0 aromatic heterocycles. The van der Waals surface area contributed by atoms with E-state index in [-0.39, 0.29) is 6.61 Å². The number of hydrogen-bond acceptors (Lipinski definition) is 4. The molecule has 0 radical (unpaired) electrons. The molecule has 5 heteroatoms. The number of ether oxygens (including phenoxy) is 2. The standard InChI is InChI=1S/C20H26BrNO3/c1-15-7-3-4-8-16(15)14-25-20-12-18(21)17(11-19(20)24-2)13-22-9-5-6-10-23/h3-4,7-8,11-12,22-23H,5-6,9-10,13-14H2,1-2H3. The number of benzene rings is 2. The number of aliphatic hydroxyl groups is 1. The second kappa shape index (κ2) is 10.4. The summed E-state index contributed by atoms with van der Waals surface area (Å²) in [6.45, 7) is 4.44. The predicted molar refractivity (Wildman–Crippen MR) is 104 cm³/mol. The quantitative estimate of drug-likeness (QED) is 0.579. The number of aryl methyl sites for hydroxylation is 1. The molecule has 136 valence electrons. The number of halogens is 1. The van der Waals surface area contributed by atoms with Crippen LogP contribution in [0.5, 0.6) is 11.5 Å². The molecular weight excluding hydrogens is 382 g/mol. The van der Waals surface area contributed by atoms with E-state index < -0.39 is 0 Å². The van der Waals surface area contributed by atoms with Crippen molar-refractivity contribution in [2.45, 2.75) is 32.9 Å². The Morgan fingerprint density at radius 3 is 2.60 bits per heavy atom. The minimum atomic E-state index is 0.242. The molecule has 0 fully saturated rings. The molecule has 0 unspecified atom stereocenters. The number of hydrogen-bond donors (Lipinski definition) is 2. The fraction of sp³-hybridized carbons (Fsp3) is 0.400. The minimum Gasteiger partial charge on any atom is -0.493 e. The molecule has 0 aliphatic rings. The lowest BCUT2D eigenvalue weighted by molar-refractivity contribution is 0.282. The highest BCUT2D eigenvalue weighted by Gasteiger charge is 2.11. The maximum atomic E-state index is 8.81. The summed E-state index contributed by atoms with van der Waals surface area (Å²) in [5.74, 6) is 1.45. The summed E-state index contributed by atoms with van der Waals surface area (Å²) in [6.07, 6.45) is 1.78. The van der Waals surface area contributed by atoms with Gasteiger partial charge in [-0.2, -0.15) is 0 Å². The van der Waals surface area contributed by atoms with Crippen LogP contribution in [0.25, 0.3) is 0 Å². The molecule has 0 aliphatic carbocycles. The Bertz CT molecular complexity index is 676. The van der Waals surface area contributed by atoms with Crippen LogP contribution < -0.4 is 14.8 Å². The van der Waals surface area contributed by atoms with Crippen LogP contribution in [0.3, 0.4) is 0 Å². The largest absolute Gasteiger partial charge is 0.493 e. The lowest BCUT2D eigenvalue weighted by Crippen LogP contribution is -2.15. The average Bonchev–Trinajstić information content (AvgIpc) is 2.62. The number of aliphatic hydroxyl groups excluding tert-OH is 1. The molecule has 0 aliphatic heterocycles. The van der Waals surface area contributed by atoms with Crippen LogP contribution in [-0.2, 0) is 13.2 Å². The Morgan fingerprint density at radius 2 is 1.88 bits per heavy atom. The lowest BCUT2D eigenvalue weighted by atomic mass is 10.1. The molecule has 25 heavy (non-hydrogen) atoms. The molecule has 2 rings (SSSR count). The third-order valence-electron chi connectivity index (χ3n) is 4.05. The van der Waals surface area contributed by atoms with Crippen LogP contribution >= 0.6 is 15.9 Å². The van der Waals surface area contributed by atoms with E-state index in [0.29, 0.717) is 6.61 Å². The molecule has 0 bridgehead atoms. The van der Waals surface area contributed by atoms with E-state index in [4.69, 9.17) is 14.6 Å². The Hall–Kier alpha value is -1.56. The molecule has 0 spiro atoms. The SMILES string of the molecule is COc1cc(CNCCCCO)c(Br)cc1OCc1ccccc1C. The van der Waals surface area contributed by atoms with Gasteiger partial charge in [0, 0.05) is 17.6 Å². The summed E-state index contributed by atoms with van der Waals surface area (Å²) in [6, 6.07) is 12.2. The number of nitrogens with one attached hydrogen (secondary N) is 1. The topological polar surface area (TPSA) is 50.7 Å². The van der Waals surface area contributed by atoms with Crippen LogP contribution in [0.15, 0.2) is 40.9 Å². The normalized spacial score (nSPS) is 10.7. The van der Waals surface area contributed by atoms with Crippen molar-refractivity contribution in [3.63, 3.8) is 0 Å². The first kappa shape index (κ1) is 19.8. The third kappa shape index (κ3) is 6.03. The van der Waals surface area contributed by atoms with Crippen molar-refractivity contribution >= 4 is 15.9 Å². The van der Waals surface area contributed by atoms with E-state index in [1.165, 1.54) is 5.56 Å². The summed E-state index contributed by atoms with van der Waals surface area (Å²) in [5, 5.41) is 12.2. The summed E-state index contributed by atoms with van der Waals surface area (Å²) in [4.78, 5) is 0. The van der Waals surface area contributed by atoms with Gasteiger partial charge in [0.2, 0.25) is 0 Å². The van der Waals surface area contributed by atoms with Gasteiger partial charge in [0.05, 0.1) is 7.11 Å². The molecule has 0 saturated heterocycles. The summed E-state index contributed by atoms with van der Waals surface area (Å²) >= 11 is 3.62. The van der Waals surface area contributed by atoms with Gasteiger partial charge in [0.25, 0.3) is 0 Å². The van der Waals surface area contributed by atoms with E-state index in [1.807, 2.05) is 24.3 Å². The summed E-state index contributed by atoms with van der Waals surface area (Å²) < 4.78 is 12.5. The Balaban J connectivity index is 2.01. The van der Waals surface area contributed by atoms with Gasteiger partial charge in [0.1, 0.15) is 6.61 Å². The van der Waals surface area contributed by atoms with Gasteiger partial charge >= 0.3 is 0 Å². The van der Waals surface area contributed by atoms with Crippen molar-refractivity contribution < 1.29 is 14.6 Å². The highest BCUT2D eigenvalue weighted by atomic mass is 79.9. The molecule has 4 nitrogen and oxygen atoms in total. The smallest absolute Gasteiger partial charge is 0.162 e. The monoisotopic (exact) mass is 407 g/mol. The first-order valence-corrected chi connectivity index (χ1v) is 9.30. The van der Waals surface area contributed by atoms with E-state index >= 15 is 0 Å². The second-order valence-electron chi connectivity index (χ2n) is 5.92.